The average molecular weight is 329 g/mol. The maximum atomic E-state index is 15.0. The van der Waals surface area contributed by atoms with E-state index < -0.39 is 29.7 Å². The van der Waals surface area contributed by atoms with Gasteiger partial charge in [0, 0.05) is 0 Å². The molecule has 0 amide bonds. The Balaban J connectivity index is 2.62. The Morgan fingerprint density at radius 3 is 2.78 bits per heavy atom. The molecule has 0 aliphatic heterocycles. The van der Waals surface area contributed by atoms with Crippen LogP contribution in [0.5, 0.6) is 0 Å². The molecule has 0 saturated heterocycles. The molecule has 0 aliphatic rings. The maximum Gasteiger partial charge on any atom is 0.280 e. The lowest BCUT2D eigenvalue weighted by Crippen LogP contribution is -2.44. The van der Waals surface area contributed by atoms with E-state index in [-0.39, 0.29) is 23.7 Å². The zero-order valence-corrected chi connectivity index (χ0v) is 13.0. The highest BCUT2D eigenvalue weighted by Gasteiger charge is 2.43. The summed E-state index contributed by atoms with van der Waals surface area (Å²) >= 11 is 0. The fourth-order valence-electron chi connectivity index (χ4n) is 2.05. The quantitative estimate of drug-likeness (QED) is 0.571. The molecule has 0 bridgehead atoms. The van der Waals surface area contributed by atoms with Gasteiger partial charge in [-0.15, -0.1) is 0 Å². The van der Waals surface area contributed by atoms with Gasteiger partial charge in [-0.05, 0) is 20.8 Å². The van der Waals surface area contributed by atoms with E-state index in [0.29, 0.717) is 0 Å². The zero-order valence-electron chi connectivity index (χ0n) is 13.0. The van der Waals surface area contributed by atoms with Crippen LogP contribution in [0.15, 0.2) is 11.1 Å². The molecule has 0 radical (unpaired) electrons. The first kappa shape index (κ1) is 17.3. The van der Waals surface area contributed by atoms with E-state index >= 15 is 4.39 Å². The number of anilines is 1. The van der Waals surface area contributed by atoms with E-state index in [1.807, 2.05) is 0 Å². The smallest absolute Gasteiger partial charge is 0.280 e. The van der Waals surface area contributed by atoms with E-state index in [0.717, 1.165) is 6.92 Å². The van der Waals surface area contributed by atoms with Gasteiger partial charge in [0.25, 0.3) is 5.56 Å². The van der Waals surface area contributed by atoms with E-state index in [1.165, 1.54) is 17.8 Å². The van der Waals surface area contributed by atoms with Crippen molar-refractivity contribution in [1.29, 1.82) is 0 Å². The molecule has 2 aromatic heterocycles. The number of nitrogen functional groups attached to an aromatic ring is 1. The summed E-state index contributed by atoms with van der Waals surface area (Å²) in [6, 6.07) is 0. The minimum Gasteiger partial charge on any atom is -0.394 e. The van der Waals surface area contributed by atoms with Gasteiger partial charge in [-0.3, -0.25) is 14.3 Å². The van der Waals surface area contributed by atoms with Crippen LogP contribution in [-0.4, -0.2) is 54.2 Å². The number of aromatic amines is 1. The van der Waals surface area contributed by atoms with Crippen LogP contribution in [0.25, 0.3) is 11.2 Å². The first-order valence-electron chi connectivity index (χ1n) is 7.04. The molecule has 0 fully saturated rings. The van der Waals surface area contributed by atoms with Gasteiger partial charge in [0.2, 0.25) is 5.95 Å². The SMILES string of the molecule is CC(O)C(C)(F)[C@@H](O[C@@H](C)CO)n1cnc2c(=O)[nH]c(N)nc21. The number of fused-ring (bicyclic) bond motifs is 1. The van der Waals surface area contributed by atoms with Crippen LogP contribution in [0.4, 0.5) is 10.3 Å². The highest BCUT2D eigenvalue weighted by Crippen LogP contribution is 2.34. The summed E-state index contributed by atoms with van der Waals surface area (Å²) in [5.41, 5.74) is 2.69. The molecule has 128 valence electrons. The Hall–Kier alpha value is -2.04. The molecule has 0 aliphatic carbocycles. The third kappa shape index (κ3) is 3.19. The van der Waals surface area contributed by atoms with Gasteiger partial charge >= 0.3 is 0 Å². The van der Waals surface area contributed by atoms with Gasteiger partial charge in [-0.1, -0.05) is 0 Å². The average Bonchev–Trinajstić information content (AvgIpc) is 2.87. The van der Waals surface area contributed by atoms with Crippen LogP contribution in [0.1, 0.15) is 27.0 Å². The Labute approximate surface area is 130 Å². The van der Waals surface area contributed by atoms with Crippen LogP contribution in [0.3, 0.4) is 0 Å². The number of aliphatic hydroxyl groups is 2. The molecule has 23 heavy (non-hydrogen) atoms. The van der Waals surface area contributed by atoms with Crippen molar-refractivity contribution in [2.24, 2.45) is 0 Å². The van der Waals surface area contributed by atoms with Crippen LogP contribution < -0.4 is 11.3 Å². The lowest BCUT2D eigenvalue weighted by Gasteiger charge is -2.35. The highest BCUT2D eigenvalue weighted by atomic mass is 19.1. The molecule has 2 unspecified atom stereocenters. The van der Waals surface area contributed by atoms with Gasteiger partial charge in [0.15, 0.2) is 23.1 Å². The minimum atomic E-state index is -2.24. The Morgan fingerprint density at radius 1 is 1.57 bits per heavy atom. The number of ether oxygens (including phenoxy) is 1. The number of alkyl halides is 1. The fourth-order valence-corrected chi connectivity index (χ4v) is 2.05. The number of aliphatic hydroxyl groups excluding tert-OH is 2. The number of rotatable bonds is 6. The highest BCUT2D eigenvalue weighted by molar-refractivity contribution is 5.70. The van der Waals surface area contributed by atoms with Crippen molar-refractivity contribution < 1.29 is 19.3 Å². The number of hydrogen-bond acceptors (Lipinski definition) is 7. The number of H-pyrrole nitrogens is 1. The van der Waals surface area contributed by atoms with Gasteiger partial charge < -0.3 is 20.7 Å². The predicted octanol–water partition coefficient (Wildman–Crippen LogP) is -0.293. The molecule has 5 N–H and O–H groups in total. The summed E-state index contributed by atoms with van der Waals surface area (Å²) < 4.78 is 21.7. The molecule has 10 heteroatoms. The monoisotopic (exact) mass is 329 g/mol. The largest absolute Gasteiger partial charge is 0.394 e. The molecule has 2 heterocycles. The summed E-state index contributed by atoms with van der Waals surface area (Å²) in [6.45, 7) is 3.61. The van der Waals surface area contributed by atoms with Crippen LogP contribution in [0, 0.1) is 0 Å². The number of imidazole rings is 1. The molecule has 0 aromatic carbocycles. The molecule has 0 saturated carbocycles. The van der Waals surface area contributed by atoms with Gasteiger partial charge in [0.05, 0.1) is 25.1 Å². The lowest BCUT2D eigenvalue weighted by atomic mass is 10.00. The molecular formula is C13H20FN5O4. The van der Waals surface area contributed by atoms with Gasteiger partial charge in [-0.25, -0.2) is 9.37 Å². The topological polar surface area (TPSA) is 139 Å². The molecule has 0 spiro atoms. The molecular weight excluding hydrogens is 309 g/mol. The predicted molar refractivity (Wildman–Crippen MR) is 80.4 cm³/mol. The first-order chi connectivity index (χ1) is 10.7. The van der Waals surface area contributed by atoms with E-state index in [2.05, 4.69) is 15.0 Å². The molecule has 4 atom stereocenters. The second-order valence-electron chi connectivity index (χ2n) is 5.58. The van der Waals surface area contributed by atoms with Crippen molar-refractivity contribution in [2.75, 3.05) is 12.3 Å². The first-order valence-corrected chi connectivity index (χ1v) is 7.04. The molecule has 2 rings (SSSR count). The zero-order chi connectivity index (χ0) is 17.4. The van der Waals surface area contributed by atoms with Crippen LogP contribution >= 0.6 is 0 Å². The van der Waals surface area contributed by atoms with Crippen molar-refractivity contribution in [2.45, 2.75) is 44.9 Å². The molecule has 2 aromatic rings. The third-order valence-electron chi connectivity index (χ3n) is 3.62. The minimum absolute atomic E-state index is 0.0194. The number of hydrogen-bond donors (Lipinski definition) is 4. The Bertz CT molecular complexity index is 742. The van der Waals surface area contributed by atoms with Gasteiger partial charge in [-0.2, -0.15) is 4.98 Å². The number of nitrogens with one attached hydrogen (secondary N) is 1. The molecule has 9 nitrogen and oxygen atoms in total. The maximum absolute atomic E-state index is 15.0. The van der Waals surface area contributed by atoms with Crippen molar-refractivity contribution in [3.63, 3.8) is 0 Å². The number of halogens is 1. The van der Waals surface area contributed by atoms with Gasteiger partial charge in [0.1, 0.15) is 0 Å². The second kappa shape index (κ2) is 6.22. The van der Waals surface area contributed by atoms with Crippen molar-refractivity contribution in [3.8, 4) is 0 Å². The van der Waals surface area contributed by atoms with Crippen molar-refractivity contribution in [1.82, 2.24) is 19.5 Å². The van der Waals surface area contributed by atoms with E-state index in [1.54, 1.807) is 6.92 Å². The summed E-state index contributed by atoms with van der Waals surface area (Å²) in [5, 5.41) is 18.9. The summed E-state index contributed by atoms with van der Waals surface area (Å²) in [4.78, 5) is 22.0. The van der Waals surface area contributed by atoms with E-state index in [9.17, 15) is 9.90 Å². The fraction of sp³-hybridized carbons (Fsp3) is 0.615. The van der Waals surface area contributed by atoms with E-state index in [4.69, 9.17) is 15.6 Å². The second-order valence-corrected chi connectivity index (χ2v) is 5.58. The number of aromatic nitrogens is 4. The standard InChI is InChI=1S/C13H20FN5O4/c1-6(4-20)23-11(13(3,14)7(2)21)19-5-16-8-9(19)17-12(15)18-10(8)22/h5-7,11,20-21H,4H2,1-3H3,(H3,15,17,18,22)/t6-,7?,11+,13?/m0/s1. The summed E-state index contributed by atoms with van der Waals surface area (Å²) in [5.74, 6) is -0.157. The lowest BCUT2D eigenvalue weighted by molar-refractivity contribution is -0.167. The Morgan fingerprint density at radius 2 is 2.22 bits per heavy atom. The normalized spacial score (nSPS) is 18.5. The Kier molecular flexibility index (Phi) is 4.68. The van der Waals surface area contributed by atoms with Crippen molar-refractivity contribution in [3.05, 3.63) is 16.7 Å². The summed E-state index contributed by atoms with van der Waals surface area (Å²) in [7, 11) is 0. The van der Waals surface area contributed by atoms with Crippen LogP contribution in [0.2, 0.25) is 0 Å². The third-order valence-corrected chi connectivity index (χ3v) is 3.62. The number of nitrogens with zero attached hydrogens (tertiary/aromatic N) is 3. The number of nitrogens with two attached hydrogens (primary N) is 1. The summed E-state index contributed by atoms with van der Waals surface area (Å²) in [6.07, 6.45) is -2.30. The van der Waals surface area contributed by atoms with Crippen molar-refractivity contribution >= 4 is 17.1 Å². The van der Waals surface area contributed by atoms with Crippen LogP contribution in [-0.2, 0) is 4.74 Å².